The summed E-state index contributed by atoms with van der Waals surface area (Å²) in [7, 11) is 0. The number of rotatable bonds is 6. The number of ether oxygens (including phenoxy) is 1. The molecule has 2 aromatic carbocycles. The van der Waals surface area contributed by atoms with E-state index in [0.29, 0.717) is 12.2 Å². The van der Waals surface area contributed by atoms with Gasteiger partial charge in [-0.3, -0.25) is 14.9 Å². The average molecular weight is 271 g/mol. The summed E-state index contributed by atoms with van der Waals surface area (Å²) in [4.78, 5) is 21.8. The SMILES string of the molecule is O=C(COCc1ccccc1)c1ccc([N+](=O)[O-])cc1. The molecule has 0 unspecified atom stereocenters. The summed E-state index contributed by atoms with van der Waals surface area (Å²) in [5.41, 5.74) is 1.36. The molecule has 0 amide bonds. The van der Waals surface area contributed by atoms with Gasteiger partial charge in [-0.05, 0) is 17.7 Å². The number of carbonyl (C=O) groups excluding carboxylic acids is 1. The van der Waals surface area contributed by atoms with E-state index >= 15 is 0 Å². The quantitative estimate of drug-likeness (QED) is 0.460. The smallest absolute Gasteiger partial charge is 0.269 e. The van der Waals surface area contributed by atoms with Gasteiger partial charge in [0.15, 0.2) is 5.78 Å². The predicted molar refractivity (Wildman–Crippen MR) is 73.5 cm³/mol. The lowest BCUT2D eigenvalue weighted by molar-refractivity contribution is -0.384. The zero-order chi connectivity index (χ0) is 14.4. The second-order valence-corrected chi connectivity index (χ2v) is 4.21. The Morgan fingerprint density at radius 2 is 1.70 bits per heavy atom. The fraction of sp³-hybridized carbons (Fsp3) is 0.133. The van der Waals surface area contributed by atoms with Crippen LogP contribution in [0.4, 0.5) is 5.69 Å². The zero-order valence-electron chi connectivity index (χ0n) is 10.7. The summed E-state index contributed by atoms with van der Waals surface area (Å²) in [6, 6.07) is 15.0. The molecule has 0 N–H and O–H groups in total. The van der Waals surface area contributed by atoms with Crippen LogP contribution in [0.25, 0.3) is 0 Å². The highest BCUT2D eigenvalue weighted by Gasteiger charge is 2.09. The molecule has 0 saturated carbocycles. The first-order valence-corrected chi connectivity index (χ1v) is 6.06. The molecule has 0 fully saturated rings. The normalized spacial score (nSPS) is 10.2. The molecule has 0 bridgehead atoms. The second-order valence-electron chi connectivity index (χ2n) is 4.21. The number of nitro groups is 1. The van der Waals surface area contributed by atoms with E-state index in [1.807, 2.05) is 30.3 Å². The molecule has 0 saturated heterocycles. The van der Waals surface area contributed by atoms with Crippen molar-refractivity contribution in [2.75, 3.05) is 6.61 Å². The third-order valence-corrected chi connectivity index (χ3v) is 2.74. The second kappa shape index (κ2) is 6.58. The molecule has 5 heteroatoms. The maximum atomic E-state index is 11.8. The van der Waals surface area contributed by atoms with E-state index in [0.717, 1.165) is 5.56 Å². The van der Waals surface area contributed by atoms with Crippen LogP contribution >= 0.6 is 0 Å². The standard InChI is InChI=1S/C15H13NO4/c17-15(11-20-10-12-4-2-1-3-5-12)13-6-8-14(9-7-13)16(18)19/h1-9H,10-11H2. The van der Waals surface area contributed by atoms with Crippen LogP contribution in [-0.4, -0.2) is 17.3 Å². The summed E-state index contributed by atoms with van der Waals surface area (Å²) in [5, 5.41) is 10.5. The van der Waals surface area contributed by atoms with Crippen molar-refractivity contribution in [2.45, 2.75) is 6.61 Å². The van der Waals surface area contributed by atoms with Crippen molar-refractivity contribution >= 4 is 11.5 Å². The first kappa shape index (κ1) is 13.9. The molecule has 0 heterocycles. The minimum absolute atomic E-state index is 0.0354. The van der Waals surface area contributed by atoms with E-state index in [-0.39, 0.29) is 18.1 Å². The molecule has 0 radical (unpaired) electrons. The van der Waals surface area contributed by atoms with Crippen LogP contribution in [0.3, 0.4) is 0 Å². The molecule has 5 nitrogen and oxygen atoms in total. The molecule has 0 aliphatic rings. The van der Waals surface area contributed by atoms with Crippen molar-refractivity contribution in [3.05, 3.63) is 75.8 Å². The van der Waals surface area contributed by atoms with Crippen LogP contribution in [0, 0.1) is 10.1 Å². The average Bonchev–Trinajstić information content (AvgIpc) is 2.48. The van der Waals surface area contributed by atoms with Crippen LogP contribution in [0.2, 0.25) is 0 Å². The minimum atomic E-state index is -0.500. The van der Waals surface area contributed by atoms with Gasteiger partial charge < -0.3 is 4.74 Å². The predicted octanol–water partition coefficient (Wildman–Crippen LogP) is 2.99. The van der Waals surface area contributed by atoms with Gasteiger partial charge in [0.05, 0.1) is 11.5 Å². The van der Waals surface area contributed by atoms with Crippen molar-refractivity contribution in [3.8, 4) is 0 Å². The number of benzene rings is 2. The van der Waals surface area contributed by atoms with Crippen molar-refractivity contribution in [1.29, 1.82) is 0 Å². The number of Topliss-reactive ketones (excluding diaryl/α,β-unsaturated/α-hetero) is 1. The fourth-order valence-corrected chi connectivity index (χ4v) is 1.69. The number of carbonyl (C=O) groups is 1. The third-order valence-electron chi connectivity index (χ3n) is 2.74. The minimum Gasteiger partial charge on any atom is -0.369 e. The molecule has 20 heavy (non-hydrogen) atoms. The number of nitrogens with zero attached hydrogens (tertiary/aromatic N) is 1. The molecule has 2 aromatic rings. The van der Waals surface area contributed by atoms with Gasteiger partial charge in [0.2, 0.25) is 0 Å². The number of nitro benzene ring substituents is 1. The summed E-state index contributed by atoms with van der Waals surface area (Å²) in [6.07, 6.45) is 0. The largest absolute Gasteiger partial charge is 0.369 e. The van der Waals surface area contributed by atoms with Crippen molar-refractivity contribution in [2.24, 2.45) is 0 Å². The molecule has 0 spiro atoms. The Hall–Kier alpha value is -2.53. The number of hydrogen-bond acceptors (Lipinski definition) is 4. The van der Waals surface area contributed by atoms with Gasteiger partial charge in [-0.2, -0.15) is 0 Å². The fourth-order valence-electron chi connectivity index (χ4n) is 1.69. The summed E-state index contributed by atoms with van der Waals surface area (Å²) in [5.74, 6) is -0.198. The van der Waals surface area contributed by atoms with Crippen LogP contribution < -0.4 is 0 Å². The monoisotopic (exact) mass is 271 g/mol. The van der Waals surface area contributed by atoms with Crippen molar-refractivity contribution < 1.29 is 14.5 Å². The van der Waals surface area contributed by atoms with E-state index in [4.69, 9.17) is 4.74 Å². The molecule has 0 aromatic heterocycles. The number of ketones is 1. The molecular weight excluding hydrogens is 258 g/mol. The van der Waals surface area contributed by atoms with E-state index in [2.05, 4.69) is 0 Å². The highest BCUT2D eigenvalue weighted by atomic mass is 16.6. The molecule has 0 atom stereocenters. The Labute approximate surface area is 116 Å². The summed E-state index contributed by atoms with van der Waals surface area (Å²) < 4.78 is 5.33. The van der Waals surface area contributed by atoms with Gasteiger partial charge in [-0.1, -0.05) is 30.3 Å². The molecule has 0 aliphatic heterocycles. The number of hydrogen-bond donors (Lipinski definition) is 0. The summed E-state index contributed by atoms with van der Waals surface area (Å²) in [6.45, 7) is 0.312. The molecule has 0 aliphatic carbocycles. The Balaban J connectivity index is 1.87. The Kier molecular flexibility index (Phi) is 4.57. The lowest BCUT2D eigenvalue weighted by atomic mass is 10.1. The first-order chi connectivity index (χ1) is 9.66. The zero-order valence-corrected chi connectivity index (χ0v) is 10.7. The van der Waals surface area contributed by atoms with Crippen LogP contribution in [0.15, 0.2) is 54.6 Å². The van der Waals surface area contributed by atoms with E-state index < -0.39 is 4.92 Å². The van der Waals surface area contributed by atoms with Gasteiger partial charge in [-0.25, -0.2) is 0 Å². The van der Waals surface area contributed by atoms with E-state index in [1.165, 1.54) is 24.3 Å². The Morgan fingerprint density at radius 1 is 1.05 bits per heavy atom. The van der Waals surface area contributed by atoms with Gasteiger partial charge in [0, 0.05) is 17.7 Å². The maximum absolute atomic E-state index is 11.8. The van der Waals surface area contributed by atoms with Gasteiger partial charge in [0.25, 0.3) is 5.69 Å². The molecule has 2 rings (SSSR count). The third kappa shape index (κ3) is 3.73. The Morgan fingerprint density at radius 3 is 2.30 bits per heavy atom. The highest BCUT2D eigenvalue weighted by molar-refractivity contribution is 5.97. The lowest BCUT2D eigenvalue weighted by Gasteiger charge is -2.04. The highest BCUT2D eigenvalue weighted by Crippen LogP contribution is 2.12. The topological polar surface area (TPSA) is 69.4 Å². The Bertz CT molecular complexity index is 593. The van der Waals surface area contributed by atoms with E-state index in [9.17, 15) is 14.9 Å². The van der Waals surface area contributed by atoms with Gasteiger partial charge >= 0.3 is 0 Å². The lowest BCUT2D eigenvalue weighted by Crippen LogP contribution is -2.09. The van der Waals surface area contributed by atoms with Crippen LogP contribution in [0.1, 0.15) is 15.9 Å². The van der Waals surface area contributed by atoms with E-state index in [1.54, 1.807) is 0 Å². The van der Waals surface area contributed by atoms with Crippen molar-refractivity contribution in [3.63, 3.8) is 0 Å². The van der Waals surface area contributed by atoms with Crippen LogP contribution in [0.5, 0.6) is 0 Å². The van der Waals surface area contributed by atoms with Gasteiger partial charge in [0.1, 0.15) is 6.61 Å². The summed E-state index contributed by atoms with van der Waals surface area (Å²) >= 11 is 0. The van der Waals surface area contributed by atoms with Gasteiger partial charge in [-0.15, -0.1) is 0 Å². The maximum Gasteiger partial charge on any atom is 0.269 e. The molecule has 102 valence electrons. The van der Waals surface area contributed by atoms with Crippen molar-refractivity contribution in [1.82, 2.24) is 0 Å². The molecular formula is C15H13NO4. The van der Waals surface area contributed by atoms with Crippen LogP contribution in [-0.2, 0) is 11.3 Å². The number of non-ortho nitro benzene ring substituents is 1. The first-order valence-electron chi connectivity index (χ1n) is 6.06.